The van der Waals surface area contributed by atoms with Crippen LogP contribution in [0.3, 0.4) is 0 Å². The second kappa shape index (κ2) is 8.02. The molecule has 0 saturated carbocycles. The summed E-state index contributed by atoms with van der Waals surface area (Å²) in [7, 11) is 1.93. The van der Waals surface area contributed by atoms with Crippen molar-refractivity contribution in [1.82, 2.24) is 15.5 Å². The fourth-order valence-corrected chi connectivity index (χ4v) is 1.89. The molecule has 1 heterocycles. The molecular weight excluding hydrogens is 274 g/mol. The second-order valence-corrected chi connectivity index (χ2v) is 4.85. The lowest BCUT2D eigenvalue weighted by atomic mass is 10.1. The van der Waals surface area contributed by atoms with Crippen LogP contribution in [0.5, 0.6) is 0 Å². The van der Waals surface area contributed by atoms with Gasteiger partial charge in [-0.15, -0.1) is 12.4 Å². The summed E-state index contributed by atoms with van der Waals surface area (Å²) in [5, 5.41) is 7.17. The van der Waals surface area contributed by atoms with E-state index in [1.54, 1.807) is 0 Å². The lowest BCUT2D eigenvalue weighted by Gasteiger charge is -2.04. The molecule has 0 aliphatic heterocycles. The Kier molecular flexibility index (Phi) is 6.68. The molecule has 1 aromatic heterocycles. The van der Waals surface area contributed by atoms with E-state index in [1.807, 2.05) is 7.05 Å². The van der Waals surface area contributed by atoms with Gasteiger partial charge in [0, 0.05) is 12.5 Å². The zero-order valence-electron chi connectivity index (χ0n) is 12.2. The number of nitrogens with zero attached hydrogens (tertiary/aromatic N) is 2. The van der Waals surface area contributed by atoms with Crippen molar-refractivity contribution in [2.75, 3.05) is 7.05 Å². The number of likely N-dealkylation sites (N-methyl/N-ethyl adjacent to an activating group) is 1. The first-order valence-corrected chi connectivity index (χ1v) is 6.77. The quantitative estimate of drug-likeness (QED) is 0.890. The summed E-state index contributed by atoms with van der Waals surface area (Å²) in [5.41, 5.74) is 2.55. The van der Waals surface area contributed by atoms with Gasteiger partial charge < -0.3 is 9.84 Å². The Morgan fingerprint density at radius 2 is 1.85 bits per heavy atom. The molecule has 110 valence electrons. The molecule has 2 aromatic rings. The number of rotatable bonds is 6. The van der Waals surface area contributed by atoms with Gasteiger partial charge >= 0.3 is 0 Å². The fraction of sp³-hybridized carbons (Fsp3) is 0.467. The Bertz CT molecular complexity index is 510. The fourth-order valence-electron chi connectivity index (χ4n) is 1.89. The molecular formula is C15H22ClN3O. The van der Waals surface area contributed by atoms with Crippen LogP contribution in [-0.4, -0.2) is 23.2 Å². The lowest BCUT2D eigenvalue weighted by molar-refractivity contribution is 0.377. The lowest BCUT2D eigenvalue weighted by Crippen LogP contribution is -2.24. The summed E-state index contributed by atoms with van der Waals surface area (Å²) < 4.78 is 5.28. The van der Waals surface area contributed by atoms with Crippen molar-refractivity contribution in [3.63, 3.8) is 0 Å². The summed E-state index contributed by atoms with van der Waals surface area (Å²) in [6.45, 7) is 4.25. The van der Waals surface area contributed by atoms with Gasteiger partial charge in [0.25, 0.3) is 0 Å². The number of aromatic nitrogens is 2. The van der Waals surface area contributed by atoms with Crippen LogP contribution in [0.4, 0.5) is 0 Å². The van der Waals surface area contributed by atoms with Crippen molar-refractivity contribution in [2.45, 2.75) is 39.2 Å². The van der Waals surface area contributed by atoms with Crippen molar-refractivity contribution >= 4 is 12.4 Å². The van der Waals surface area contributed by atoms with Crippen LogP contribution in [0.15, 0.2) is 28.8 Å². The molecule has 0 amide bonds. The minimum absolute atomic E-state index is 0. The maximum absolute atomic E-state index is 5.28. The minimum atomic E-state index is 0. The van der Waals surface area contributed by atoms with Gasteiger partial charge in [-0.1, -0.05) is 36.3 Å². The van der Waals surface area contributed by atoms with E-state index in [9.17, 15) is 0 Å². The molecule has 2 rings (SSSR count). The normalized spacial score (nSPS) is 11.9. The molecule has 0 radical (unpaired) electrons. The summed E-state index contributed by atoms with van der Waals surface area (Å²) in [6.07, 6.45) is 2.55. The monoisotopic (exact) mass is 295 g/mol. The Balaban J connectivity index is 0.00000200. The first-order valence-electron chi connectivity index (χ1n) is 6.77. The molecule has 1 aromatic carbocycles. The highest BCUT2D eigenvalue weighted by atomic mass is 35.5. The number of hydrogen-bond donors (Lipinski definition) is 1. The van der Waals surface area contributed by atoms with Crippen LogP contribution in [0.1, 0.15) is 36.7 Å². The third kappa shape index (κ3) is 4.62. The number of hydrogen-bond acceptors (Lipinski definition) is 4. The number of aryl methyl sites for hydroxylation is 1. The number of benzene rings is 1. The average molecular weight is 296 g/mol. The Morgan fingerprint density at radius 1 is 1.20 bits per heavy atom. The molecule has 1 N–H and O–H groups in total. The van der Waals surface area contributed by atoms with Crippen LogP contribution < -0.4 is 5.32 Å². The van der Waals surface area contributed by atoms with Gasteiger partial charge in [0.15, 0.2) is 5.82 Å². The van der Waals surface area contributed by atoms with E-state index in [4.69, 9.17) is 4.52 Å². The highest BCUT2D eigenvalue weighted by molar-refractivity contribution is 5.85. The zero-order valence-corrected chi connectivity index (χ0v) is 13.0. The molecule has 5 heteroatoms. The topological polar surface area (TPSA) is 51.0 Å². The number of nitrogens with one attached hydrogen (secondary N) is 1. The highest BCUT2D eigenvalue weighted by Gasteiger charge is 2.09. The maximum Gasteiger partial charge on any atom is 0.231 e. The minimum Gasteiger partial charge on any atom is -0.339 e. The smallest absolute Gasteiger partial charge is 0.231 e. The Hall–Kier alpha value is -1.39. The van der Waals surface area contributed by atoms with Gasteiger partial charge in [-0.25, -0.2) is 0 Å². The Morgan fingerprint density at radius 3 is 2.45 bits per heavy atom. The van der Waals surface area contributed by atoms with E-state index in [-0.39, 0.29) is 12.4 Å². The van der Waals surface area contributed by atoms with Crippen LogP contribution in [0, 0.1) is 0 Å². The Labute approximate surface area is 126 Å². The first-order chi connectivity index (χ1) is 9.21. The molecule has 4 nitrogen and oxygen atoms in total. The van der Waals surface area contributed by atoms with Gasteiger partial charge in [0.1, 0.15) is 0 Å². The third-order valence-electron chi connectivity index (χ3n) is 3.28. The van der Waals surface area contributed by atoms with Crippen molar-refractivity contribution in [1.29, 1.82) is 0 Å². The highest BCUT2D eigenvalue weighted by Crippen LogP contribution is 2.10. The van der Waals surface area contributed by atoms with Crippen LogP contribution in [0.2, 0.25) is 0 Å². The number of halogens is 1. The van der Waals surface area contributed by atoms with E-state index in [2.05, 4.69) is 53.6 Å². The molecule has 1 unspecified atom stereocenters. The predicted molar refractivity (Wildman–Crippen MR) is 82.4 cm³/mol. The summed E-state index contributed by atoms with van der Waals surface area (Å²) in [5.74, 6) is 1.45. The van der Waals surface area contributed by atoms with Crippen LogP contribution in [0.25, 0.3) is 0 Å². The van der Waals surface area contributed by atoms with E-state index >= 15 is 0 Å². The zero-order chi connectivity index (χ0) is 13.7. The summed E-state index contributed by atoms with van der Waals surface area (Å²) in [6, 6.07) is 8.90. The van der Waals surface area contributed by atoms with Gasteiger partial charge in [-0.05, 0) is 31.5 Å². The van der Waals surface area contributed by atoms with Crippen molar-refractivity contribution < 1.29 is 4.52 Å². The van der Waals surface area contributed by atoms with E-state index < -0.39 is 0 Å². The van der Waals surface area contributed by atoms with Gasteiger partial charge in [-0.3, -0.25) is 0 Å². The molecule has 0 spiro atoms. The molecule has 0 bridgehead atoms. The molecule has 0 aliphatic rings. The largest absolute Gasteiger partial charge is 0.339 e. The van der Waals surface area contributed by atoms with E-state index in [0.717, 1.165) is 18.7 Å². The van der Waals surface area contributed by atoms with Crippen LogP contribution >= 0.6 is 12.4 Å². The van der Waals surface area contributed by atoms with Crippen molar-refractivity contribution in [3.05, 3.63) is 47.1 Å². The molecule has 0 saturated heterocycles. The predicted octanol–water partition coefficient (Wildman–Crippen LogP) is 2.80. The van der Waals surface area contributed by atoms with Crippen molar-refractivity contribution in [3.8, 4) is 0 Å². The van der Waals surface area contributed by atoms with Crippen LogP contribution in [-0.2, 0) is 19.3 Å². The average Bonchev–Trinajstić information content (AvgIpc) is 2.86. The SMILES string of the molecule is CCc1ccc(Cc2nc(CC(C)NC)no2)cc1.Cl. The molecule has 0 fully saturated rings. The maximum atomic E-state index is 5.28. The van der Waals surface area contributed by atoms with Crippen molar-refractivity contribution in [2.24, 2.45) is 0 Å². The standard InChI is InChI=1S/C15H21N3O.ClH/c1-4-12-5-7-13(8-6-12)10-15-17-14(18-19-15)9-11(2)16-3;/h5-8,11,16H,4,9-10H2,1-3H3;1H. The first kappa shape index (κ1) is 16.7. The van der Waals surface area contributed by atoms with Gasteiger partial charge in [-0.2, -0.15) is 4.98 Å². The second-order valence-electron chi connectivity index (χ2n) is 4.85. The molecule has 1 atom stereocenters. The third-order valence-corrected chi connectivity index (χ3v) is 3.28. The summed E-state index contributed by atoms with van der Waals surface area (Å²) >= 11 is 0. The molecule has 20 heavy (non-hydrogen) atoms. The summed E-state index contributed by atoms with van der Waals surface area (Å²) in [4.78, 5) is 4.42. The van der Waals surface area contributed by atoms with E-state index in [1.165, 1.54) is 11.1 Å². The van der Waals surface area contributed by atoms with E-state index in [0.29, 0.717) is 18.4 Å². The van der Waals surface area contributed by atoms with Gasteiger partial charge in [0.2, 0.25) is 5.89 Å². The molecule has 0 aliphatic carbocycles. The van der Waals surface area contributed by atoms with Gasteiger partial charge in [0.05, 0.1) is 6.42 Å².